The van der Waals surface area contributed by atoms with Gasteiger partial charge in [0.1, 0.15) is 11.4 Å². The standard InChI is InChI=1S/C23H24N2O3/c26-22(24-16-23(27,19-13-14-19)20-12-7-15-28-20)25-21(17-8-3-1-4-9-17)18-10-5-2-6-11-18/h1-12,15,19,21,27H,13-14,16H2,(H2,24,25,26). The highest BCUT2D eigenvalue weighted by Crippen LogP contribution is 2.45. The highest BCUT2D eigenvalue weighted by molar-refractivity contribution is 5.75. The Kier molecular flexibility index (Phi) is 5.17. The Bertz CT molecular complexity index is 853. The molecule has 1 aromatic heterocycles. The van der Waals surface area contributed by atoms with E-state index in [0.717, 1.165) is 24.0 Å². The molecule has 1 unspecified atom stereocenters. The number of hydrogen-bond donors (Lipinski definition) is 3. The van der Waals surface area contributed by atoms with Gasteiger partial charge in [0.25, 0.3) is 0 Å². The van der Waals surface area contributed by atoms with Gasteiger partial charge in [-0.3, -0.25) is 0 Å². The third-order valence-electron chi connectivity index (χ3n) is 5.26. The fourth-order valence-electron chi connectivity index (χ4n) is 3.57. The Hall–Kier alpha value is -3.05. The van der Waals surface area contributed by atoms with Gasteiger partial charge in [-0.1, -0.05) is 60.7 Å². The Morgan fingerprint density at radius 1 is 1.00 bits per heavy atom. The SMILES string of the molecule is O=C(NCC(O)(c1ccco1)C1CC1)NC(c1ccccc1)c1ccccc1. The van der Waals surface area contributed by atoms with Crippen LogP contribution in [0.25, 0.3) is 0 Å². The summed E-state index contributed by atoms with van der Waals surface area (Å²) in [6, 6.07) is 22.6. The third-order valence-corrected chi connectivity index (χ3v) is 5.26. The summed E-state index contributed by atoms with van der Waals surface area (Å²) in [5.41, 5.74) is 0.815. The van der Waals surface area contributed by atoms with Crippen molar-refractivity contribution in [1.29, 1.82) is 0 Å². The highest BCUT2D eigenvalue weighted by atomic mass is 16.4. The number of rotatable bonds is 7. The maximum atomic E-state index is 12.7. The first-order chi connectivity index (χ1) is 13.7. The second-order valence-electron chi connectivity index (χ2n) is 7.26. The van der Waals surface area contributed by atoms with E-state index < -0.39 is 5.60 Å². The zero-order valence-electron chi connectivity index (χ0n) is 15.5. The molecule has 0 radical (unpaired) electrons. The molecule has 2 aromatic carbocycles. The Morgan fingerprint density at radius 3 is 2.11 bits per heavy atom. The molecule has 2 amide bonds. The van der Waals surface area contributed by atoms with E-state index in [1.807, 2.05) is 60.7 Å². The molecular weight excluding hydrogens is 352 g/mol. The van der Waals surface area contributed by atoms with E-state index in [0.29, 0.717) is 5.76 Å². The maximum absolute atomic E-state index is 12.7. The smallest absolute Gasteiger partial charge is 0.315 e. The van der Waals surface area contributed by atoms with Crippen LogP contribution in [0.4, 0.5) is 4.79 Å². The minimum Gasteiger partial charge on any atom is -0.466 e. The first-order valence-corrected chi connectivity index (χ1v) is 9.57. The first kappa shape index (κ1) is 18.3. The highest BCUT2D eigenvalue weighted by Gasteiger charge is 2.47. The zero-order valence-corrected chi connectivity index (χ0v) is 15.5. The summed E-state index contributed by atoms with van der Waals surface area (Å²) < 4.78 is 5.43. The average molecular weight is 376 g/mol. The molecular formula is C23H24N2O3. The van der Waals surface area contributed by atoms with Crippen LogP contribution in [0.3, 0.4) is 0 Å². The zero-order chi connectivity index (χ0) is 19.4. The molecule has 3 aromatic rings. The number of furan rings is 1. The Labute approximate surface area is 164 Å². The molecule has 1 saturated carbocycles. The van der Waals surface area contributed by atoms with E-state index in [2.05, 4.69) is 10.6 Å². The molecule has 1 atom stereocenters. The molecule has 1 heterocycles. The van der Waals surface area contributed by atoms with Gasteiger partial charge >= 0.3 is 6.03 Å². The van der Waals surface area contributed by atoms with Gasteiger partial charge in [-0.15, -0.1) is 0 Å². The molecule has 0 spiro atoms. The monoisotopic (exact) mass is 376 g/mol. The van der Waals surface area contributed by atoms with Crippen molar-refractivity contribution < 1.29 is 14.3 Å². The lowest BCUT2D eigenvalue weighted by molar-refractivity contribution is -0.00452. The normalized spacial score (nSPS) is 15.8. The van der Waals surface area contributed by atoms with Gasteiger partial charge in [0.05, 0.1) is 18.8 Å². The van der Waals surface area contributed by atoms with Gasteiger partial charge < -0.3 is 20.2 Å². The summed E-state index contributed by atoms with van der Waals surface area (Å²) in [5, 5.41) is 17.0. The third kappa shape index (κ3) is 3.94. The van der Waals surface area contributed by atoms with Gasteiger partial charge in [0.15, 0.2) is 0 Å². The number of aliphatic hydroxyl groups is 1. The predicted molar refractivity (Wildman–Crippen MR) is 107 cm³/mol. The van der Waals surface area contributed by atoms with Crippen molar-refractivity contribution in [3.63, 3.8) is 0 Å². The minimum absolute atomic E-state index is 0.104. The number of urea groups is 1. The van der Waals surface area contributed by atoms with Crippen LogP contribution < -0.4 is 10.6 Å². The largest absolute Gasteiger partial charge is 0.466 e. The first-order valence-electron chi connectivity index (χ1n) is 9.57. The molecule has 1 aliphatic carbocycles. The fraction of sp³-hybridized carbons (Fsp3) is 0.261. The second-order valence-corrected chi connectivity index (χ2v) is 7.26. The summed E-state index contributed by atoms with van der Waals surface area (Å²) in [6.07, 6.45) is 3.40. The maximum Gasteiger partial charge on any atom is 0.315 e. The van der Waals surface area contributed by atoms with Crippen LogP contribution >= 0.6 is 0 Å². The summed E-state index contributed by atoms with van der Waals surface area (Å²) in [4.78, 5) is 12.7. The average Bonchev–Trinajstić information content (AvgIpc) is 3.46. The summed E-state index contributed by atoms with van der Waals surface area (Å²) in [6.45, 7) is 0.104. The molecule has 1 fully saturated rings. The van der Waals surface area contributed by atoms with Gasteiger partial charge in [0.2, 0.25) is 0 Å². The van der Waals surface area contributed by atoms with E-state index in [-0.39, 0.29) is 24.5 Å². The topological polar surface area (TPSA) is 74.5 Å². The van der Waals surface area contributed by atoms with Gasteiger partial charge in [0, 0.05) is 0 Å². The summed E-state index contributed by atoms with van der Waals surface area (Å²) in [5.74, 6) is 0.607. The van der Waals surface area contributed by atoms with E-state index >= 15 is 0 Å². The van der Waals surface area contributed by atoms with E-state index in [1.165, 1.54) is 0 Å². The van der Waals surface area contributed by atoms with Crippen molar-refractivity contribution in [2.45, 2.75) is 24.5 Å². The summed E-state index contributed by atoms with van der Waals surface area (Å²) >= 11 is 0. The summed E-state index contributed by atoms with van der Waals surface area (Å²) in [7, 11) is 0. The van der Waals surface area contributed by atoms with Crippen molar-refractivity contribution in [2.75, 3.05) is 6.54 Å². The molecule has 144 valence electrons. The Balaban J connectivity index is 1.48. The molecule has 0 saturated heterocycles. The van der Waals surface area contributed by atoms with Gasteiger partial charge in [-0.2, -0.15) is 0 Å². The lowest BCUT2D eigenvalue weighted by Gasteiger charge is -2.27. The molecule has 28 heavy (non-hydrogen) atoms. The molecule has 1 aliphatic rings. The fourth-order valence-corrected chi connectivity index (χ4v) is 3.57. The van der Waals surface area contributed by atoms with Crippen molar-refractivity contribution in [2.24, 2.45) is 5.92 Å². The van der Waals surface area contributed by atoms with E-state index in [4.69, 9.17) is 4.42 Å². The number of nitrogens with one attached hydrogen (secondary N) is 2. The van der Waals surface area contributed by atoms with Crippen molar-refractivity contribution in [3.05, 3.63) is 95.9 Å². The van der Waals surface area contributed by atoms with Crippen molar-refractivity contribution >= 4 is 6.03 Å². The number of amides is 2. The molecule has 0 bridgehead atoms. The van der Waals surface area contributed by atoms with Crippen LogP contribution in [0, 0.1) is 5.92 Å². The second kappa shape index (κ2) is 7.90. The van der Waals surface area contributed by atoms with Gasteiger partial charge in [-0.25, -0.2) is 4.79 Å². The molecule has 4 rings (SSSR count). The number of benzene rings is 2. The van der Waals surface area contributed by atoms with Gasteiger partial charge in [-0.05, 0) is 42.0 Å². The van der Waals surface area contributed by atoms with Crippen LogP contribution in [0.15, 0.2) is 83.5 Å². The van der Waals surface area contributed by atoms with Crippen LogP contribution in [-0.2, 0) is 5.60 Å². The van der Waals surface area contributed by atoms with E-state index in [1.54, 1.807) is 18.4 Å². The van der Waals surface area contributed by atoms with Crippen molar-refractivity contribution in [3.8, 4) is 0 Å². The van der Waals surface area contributed by atoms with Crippen LogP contribution in [0.2, 0.25) is 0 Å². The van der Waals surface area contributed by atoms with Crippen molar-refractivity contribution in [1.82, 2.24) is 10.6 Å². The molecule has 5 heteroatoms. The molecule has 3 N–H and O–H groups in total. The van der Waals surface area contributed by atoms with Crippen LogP contribution in [0.1, 0.15) is 35.8 Å². The van der Waals surface area contributed by atoms with Crippen LogP contribution in [-0.4, -0.2) is 17.7 Å². The number of carbonyl (C=O) groups excluding carboxylic acids is 1. The number of hydrogen-bond acceptors (Lipinski definition) is 3. The minimum atomic E-state index is -1.17. The van der Waals surface area contributed by atoms with E-state index in [9.17, 15) is 9.90 Å². The molecule has 5 nitrogen and oxygen atoms in total. The quantitative estimate of drug-likeness (QED) is 0.584. The Morgan fingerprint density at radius 2 is 1.61 bits per heavy atom. The van der Waals surface area contributed by atoms with Crippen LogP contribution in [0.5, 0.6) is 0 Å². The molecule has 0 aliphatic heterocycles. The lowest BCUT2D eigenvalue weighted by Crippen LogP contribution is -2.46. The predicted octanol–water partition coefficient (Wildman–Crippen LogP) is 3.97. The lowest BCUT2D eigenvalue weighted by atomic mass is 9.94. The number of carbonyl (C=O) groups is 1.